The molecule has 90 valence electrons. The molecule has 0 atom stereocenters. The van der Waals surface area contributed by atoms with Gasteiger partial charge in [0.1, 0.15) is 5.58 Å². The molecule has 5 heteroatoms. The lowest BCUT2D eigenvalue weighted by Gasteiger charge is -1.94. The zero-order valence-corrected chi connectivity index (χ0v) is 10.6. The summed E-state index contributed by atoms with van der Waals surface area (Å²) in [6, 6.07) is 7.89. The Morgan fingerprint density at radius 3 is 3.17 bits per heavy atom. The van der Waals surface area contributed by atoms with E-state index in [0.717, 1.165) is 27.4 Å². The van der Waals surface area contributed by atoms with E-state index in [1.54, 1.807) is 12.5 Å². The second-order valence-corrected chi connectivity index (χ2v) is 4.74. The van der Waals surface area contributed by atoms with Crippen molar-refractivity contribution in [2.75, 3.05) is 5.43 Å². The third-order valence-electron chi connectivity index (χ3n) is 2.47. The molecule has 3 aromatic rings. The number of anilines is 1. The molecule has 1 aromatic carbocycles. The number of hydrogen-bond donors (Lipinski definition) is 1. The number of aromatic nitrogens is 1. The first kappa shape index (κ1) is 11.0. The van der Waals surface area contributed by atoms with E-state index in [0.29, 0.717) is 0 Å². The van der Waals surface area contributed by atoms with Crippen LogP contribution in [0.4, 0.5) is 5.13 Å². The molecule has 1 N–H and O–H groups in total. The first-order valence-electron chi connectivity index (χ1n) is 5.50. The predicted octanol–water partition coefficient (Wildman–Crippen LogP) is 3.64. The third-order valence-corrected chi connectivity index (χ3v) is 3.34. The van der Waals surface area contributed by atoms with Crippen molar-refractivity contribution >= 4 is 33.7 Å². The minimum absolute atomic E-state index is 0.794. The lowest BCUT2D eigenvalue weighted by atomic mass is 10.2. The summed E-state index contributed by atoms with van der Waals surface area (Å²) >= 11 is 1.53. The molecule has 0 amide bonds. The molecule has 0 unspecified atom stereocenters. The van der Waals surface area contributed by atoms with Gasteiger partial charge in [0, 0.05) is 10.8 Å². The topological polar surface area (TPSA) is 50.4 Å². The van der Waals surface area contributed by atoms with E-state index >= 15 is 0 Å². The molecule has 0 saturated heterocycles. The molecule has 18 heavy (non-hydrogen) atoms. The standard InChI is InChI=1S/C13H11N3OS/c1-9-8-18-13(15-9)16-14-7-10-2-3-11-4-5-17-12(11)6-10/h2-8H,1H3,(H,15,16). The maximum Gasteiger partial charge on any atom is 0.203 e. The van der Waals surface area contributed by atoms with Gasteiger partial charge in [0.25, 0.3) is 0 Å². The fourth-order valence-corrected chi connectivity index (χ4v) is 2.26. The van der Waals surface area contributed by atoms with E-state index in [4.69, 9.17) is 4.42 Å². The van der Waals surface area contributed by atoms with Crippen LogP contribution in [0.15, 0.2) is 45.4 Å². The lowest BCUT2D eigenvalue weighted by Crippen LogP contribution is -1.89. The first-order chi connectivity index (χ1) is 8.81. The lowest BCUT2D eigenvalue weighted by molar-refractivity contribution is 0.616. The zero-order chi connectivity index (χ0) is 12.4. The largest absolute Gasteiger partial charge is 0.464 e. The molecule has 0 bridgehead atoms. The highest BCUT2D eigenvalue weighted by Gasteiger charge is 1.97. The minimum atomic E-state index is 0.794. The summed E-state index contributed by atoms with van der Waals surface area (Å²) in [6.45, 7) is 1.95. The molecule has 0 radical (unpaired) electrons. The van der Waals surface area contributed by atoms with Gasteiger partial charge in [0.15, 0.2) is 0 Å². The molecule has 0 fully saturated rings. The van der Waals surface area contributed by atoms with E-state index < -0.39 is 0 Å². The van der Waals surface area contributed by atoms with Crippen molar-refractivity contribution in [2.45, 2.75) is 6.92 Å². The van der Waals surface area contributed by atoms with Crippen LogP contribution in [-0.4, -0.2) is 11.2 Å². The van der Waals surface area contributed by atoms with E-state index in [-0.39, 0.29) is 0 Å². The Kier molecular flexibility index (Phi) is 2.82. The summed E-state index contributed by atoms with van der Waals surface area (Å²) in [5.41, 5.74) is 5.75. The Bertz CT molecular complexity index is 699. The second-order valence-electron chi connectivity index (χ2n) is 3.88. The zero-order valence-electron chi connectivity index (χ0n) is 9.75. The van der Waals surface area contributed by atoms with Gasteiger partial charge in [-0.1, -0.05) is 12.1 Å². The van der Waals surface area contributed by atoms with Crippen molar-refractivity contribution in [3.63, 3.8) is 0 Å². The fraction of sp³-hybridized carbons (Fsp3) is 0.0769. The summed E-state index contributed by atoms with van der Waals surface area (Å²) in [5.74, 6) is 0. The second kappa shape index (κ2) is 4.62. The van der Waals surface area contributed by atoms with E-state index in [9.17, 15) is 0 Å². The van der Waals surface area contributed by atoms with Gasteiger partial charge in [0.2, 0.25) is 5.13 Å². The van der Waals surface area contributed by atoms with Gasteiger partial charge in [-0.25, -0.2) is 4.98 Å². The number of hydrazone groups is 1. The van der Waals surface area contributed by atoms with E-state index in [1.807, 2.05) is 36.6 Å². The number of aryl methyl sites for hydroxylation is 1. The molecule has 0 aliphatic rings. The van der Waals surface area contributed by atoms with Gasteiger partial charge in [-0.05, 0) is 24.6 Å². The normalized spacial score (nSPS) is 11.4. The van der Waals surface area contributed by atoms with Gasteiger partial charge >= 0.3 is 0 Å². The van der Waals surface area contributed by atoms with Crippen LogP contribution in [0.25, 0.3) is 11.0 Å². The SMILES string of the molecule is Cc1csc(NN=Cc2ccc3ccoc3c2)n1. The van der Waals surface area contributed by atoms with Crippen LogP contribution < -0.4 is 5.43 Å². The molecular weight excluding hydrogens is 246 g/mol. The van der Waals surface area contributed by atoms with Gasteiger partial charge < -0.3 is 4.42 Å². The summed E-state index contributed by atoms with van der Waals surface area (Å²) in [4.78, 5) is 4.26. The minimum Gasteiger partial charge on any atom is -0.464 e. The molecule has 2 aromatic heterocycles. The molecule has 0 saturated carbocycles. The Labute approximate surface area is 108 Å². The Morgan fingerprint density at radius 1 is 1.39 bits per heavy atom. The quantitative estimate of drug-likeness (QED) is 0.575. The number of fused-ring (bicyclic) bond motifs is 1. The molecule has 2 heterocycles. The van der Waals surface area contributed by atoms with Crippen molar-refractivity contribution in [1.82, 2.24) is 4.98 Å². The highest BCUT2D eigenvalue weighted by Crippen LogP contribution is 2.16. The van der Waals surface area contributed by atoms with Crippen LogP contribution in [0.5, 0.6) is 0 Å². The van der Waals surface area contributed by atoms with Crippen LogP contribution in [-0.2, 0) is 0 Å². The van der Waals surface area contributed by atoms with Crippen LogP contribution in [0.3, 0.4) is 0 Å². The maximum atomic E-state index is 5.33. The molecule has 0 aliphatic heterocycles. The Balaban J connectivity index is 1.75. The predicted molar refractivity (Wildman–Crippen MR) is 74.3 cm³/mol. The van der Waals surface area contributed by atoms with Gasteiger partial charge in [-0.15, -0.1) is 11.3 Å². The summed E-state index contributed by atoms with van der Waals surface area (Å²) in [7, 11) is 0. The van der Waals surface area contributed by atoms with Crippen molar-refractivity contribution in [2.24, 2.45) is 5.10 Å². The van der Waals surface area contributed by atoms with Crippen LogP contribution in [0, 0.1) is 6.92 Å². The number of nitrogens with zero attached hydrogens (tertiary/aromatic N) is 2. The third kappa shape index (κ3) is 2.26. The van der Waals surface area contributed by atoms with E-state index in [1.165, 1.54) is 11.3 Å². The highest BCUT2D eigenvalue weighted by molar-refractivity contribution is 7.13. The monoisotopic (exact) mass is 257 g/mol. The molecular formula is C13H11N3OS. The van der Waals surface area contributed by atoms with Crippen LogP contribution in [0.2, 0.25) is 0 Å². The average molecular weight is 257 g/mol. The van der Waals surface area contributed by atoms with Crippen molar-refractivity contribution in [3.8, 4) is 0 Å². The van der Waals surface area contributed by atoms with Crippen molar-refractivity contribution < 1.29 is 4.42 Å². The average Bonchev–Trinajstić information content (AvgIpc) is 2.97. The molecule has 3 rings (SSSR count). The molecule has 4 nitrogen and oxygen atoms in total. The number of furan rings is 1. The fourth-order valence-electron chi connectivity index (χ4n) is 1.62. The number of thiazole rings is 1. The maximum absolute atomic E-state index is 5.33. The highest BCUT2D eigenvalue weighted by atomic mass is 32.1. The number of rotatable bonds is 3. The number of nitrogens with one attached hydrogen (secondary N) is 1. The van der Waals surface area contributed by atoms with Crippen molar-refractivity contribution in [1.29, 1.82) is 0 Å². The molecule has 0 spiro atoms. The van der Waals surface area contributed by atoms with Gasteiger partial charge in [0.05, 0.1) is 18.2 Å². The summed E-state index contributed by atoms with van der Waals surface area (Å²) < 4.78 is 5.33. The molecule has 0 aliphatic carbocycles. The Hall–Kier alpha value is -2.14. The number of benzene rings is 1. The van der Waals surface area contributed by atoms with E-state index in [2.05, 4.69) is 15.5 Å². The number of hydrogen-bond acceptors (Lipinski definition) is 5. The summed E-state index contributed by atoms with van der Waals surface area (Å²) in [5, 5.41) is 8.01. The smallest absolute Gasteiger partial charge is 0.203 e. The summed E-state index contributed by atoms with van der Waals surface area (Å²) in [6.07, 6.45) is 3.43. The van der Waals surface area contributed by atoms with Crippen LogP contribution >= 0.6 is 11.3 Å². The Morgan fingerprint density at radius 2 is 2.33 bits per heavy atom. The van der Waals surface area contributed by atoms with Gasteiger partial charge in [-0.3, -0.25) is 5.43 Å². The van der Waals surface area contributed by atoms with Crippen molar-refractivity contribution in [3.05, 3.63) is 47.2 Å². The van der Waals surface area contributed by atoms with Gasteiger partial charge in [-0.2, -0.15) is 5.10 Å². The van der Waals surface area contributed by atoms with Crippen LogP contribution in [0.1, 0.15) is 11.3 Å². The first-order valence-corrected chi connectivity index (χ1v) is 6.38.